The number of amides is 1. The molecule has 2 fully saturated rings. The minimum Gasteiger partial charge on any atom is -0.496 e. The van der Waals surface area contributed by atoms with Crippen molar-refractivity contribution in [2.45, 2.75) is 30.8 Å². The van der Waals surface area contributed by atoms with E-state index >= 15 is 0 Å². The van der Waals surface area contributed by atoms with Gasteiger partial charge >= 0.3 is 6.09 Å². The summed E-state index contributed by atoms with van der Waals surface area (Å²) in [7, 11) is 1.56. The minimum absolute atomic E-state index is 0.107. The number of hydrogen-bond acceptors (Lipinski definition) is 7. The number of nitrogens with zero attached hydrogens (tertiary/aromatic N) is 1. The maximum Gasteiger partial charge on any atom is 0.404 e. The van der Waals surface area contributed by atoms with E-state index in [0.717, 1.165) is 16.8 Å². The summed E-state index contributed by atoms with van der Waals surface area (Å²) in [6.07, 6.45) is -1.48. The molecule has 3 aliphatic rings. The number of hydroxylamine groups is 1. The van der Waals surface area contributed by atoms with Crippen LogP contribution in [0.3, 0.4) is 0 Å². The number of hydrogen-bond donors (Lipinski definition) is 2. The number of benzene rings is 1. The smallest absolute Gasteiger partial charge is 0.404 e. The van der Waals surface area contributed by atoms with Gasteiger partial charge in [0.1, 0.15) is 24.6 Å². The van der Waals surface area contributed by atoms with Crippen LogP contribution in [0.4, 0.5) is 10.5 Å². The average Bonchev–Trinajstić information content (AvgIpc) is 3.27. The normalized spacial score (nSPS) is 33.5. The number of aryl methyl sites for hydroxylation is 1. The molecule has 4 atom stereocenters. The van der Waals surface area contributed by atoms with Crippen LogP contribution in [0.15, 0.2) is 12.1 Å². The monoisotopic (exact) mass is 322 g/mol. The van der Waals surface area contributed by atoms with E-state index in [9.17, 15) is 9.90 Å². The van der Waals surface area contributed by atoms with E-state index < -0.39 is 23.9 Å². The zero-order valence-corrected chi connectivity index (χ0v) is 12.8. The summed E-state index contributed by atoms with van der Waals surface area (Å²) in [6.45, 7) is 2.34. The summed E-state index contributed by atoms with van der Waals surface area (Å²) in [5, 5.41) is 12.7. The van der Waals surface area contributed by atoms with Crippen LogP contribution in [0.2, 0.25) is 0 Å². The van der Waals surface area contributed by atoms with E-state index in [-0.39, 0.29) is 12.7 Å². The quantitative estimate of drug-likeness (QED) is 0.776. The zero-order chi connectivity index (χ0) is 16.4. The second-order valence-corrected chi connectivity index (χ2v) is 6.08. The molecule has 0 aliphatic carbocycles. The fraction of sp³-hybridized carbons (Fsp3) is 0.533. The average molecular weight is 322 g/mol. The molecule has 3 heterocycles. The Kier molecular flexibility index (Phi) is 2.99. The fourth-order valence-corrected chi connectivity index (χ4v) is 3.53. The number of nitrogens with two attached hydrogens (primary N) is 1. The number of carbonyl (C=O) groups is 1. The first kappa shape index (κ1) is 14.6. The van der Waals surface area contributed by atoms with Gasteiger partial charge in [-0.25, -0.2) is 14.7 Å². The molecule has 1 amide bonds. The molecule has 0 spiro atoms. The predicted molar refractivity (Wildman–Crippen MR) is 78.0 cm³/mol. The second kappa shape index (κ2) is 4.73. The maximum atomic E-state index is 11.0. The van der Waals surface area contributed by atoms with E-state index in [1.165, 1.54) is 0 Å². The molecule has 2 bridgehead atoms. The highest BCUT2D eigenvalue weighted by molar-refractivity contribution is 5.66. The number of carbonyl (C=O) groups excluding carboxylic acids is 1. The van der Waals surface area contributed by atoms with Crippen LogP contribution < -0.4 is 15.5 Å². The third-order valence-corrected chi connectivity index (χ3v) is 4.59. The summed E-state index contributed by atoms with van der Waals surface area (Å²) in [6, 6.07) is 3.81. The van der Waals surface area contributed by atoms with E-state index in [4.69, 9.17) is 24.8 Å². The molecule has 3 N–H and O–H groups in total. The Morgan fingerprint density at radius 1 is 1.57 bits per heavy atom. The minimum atomic E-state index is -1.62. The van der Waals surface area contributed by atoms with Gasteiger partial charge in [-0.3, -0.25) is 0 Å². The Labute approximate surface area is 132 Å². The number of epoxide rings is 1. The lowest BCUT2D eigenvalue weighted by Gasteiger charge is -2.47. The van der Waals surface area contributed by atoms with Gasteiger partial charge in [-0.15, -0.1) is 0 Å². The van der Waals surface area contributed by atoms with Crippen LogP contribution in [-0.2, 0) is 14.3 Å². The molecule has 124 valence electrons. The number of ether oxygens (including phenoxy) is 3. The molecule has 0 saturated carbocycles. The standard InChI is InChI=1S/C15H18N2O6/c1-7-3-9-12(10(4-7)20-2)8(6-21-14(16)18)15(19)13-11(22-13)5-17(9)23-15/h3-4,8,11,13,19H,5-6H2,1-2H3,(H2,16,18)/t8?,11-,13-,15?/m0/s1. The summed E-state index contributed by atoms with van der Waals surface area (Å²) < 4.78 is 16.0. The number of aliphatic hydroxyl groups is 1. The van der Waals surface area contributed by atoms with E-state index in [1.54, 1.807) is 12.2 Å². The molecular formula is C15H18N2O6. The van der Waals surface area contributed by atoms with Crippen LogP contribution in [0, 0.1) is 6.92 Å². The molecule has 23 heavy (non-hydrogen) atoms. The van der Waals surface area contributed by atoms with Gasteiger partial charge in [0.2, 0.25) is 5.79 Å². The SMILES string of the molecule is COc1cc(C)cc2c1C(COC(N)=O)C1(O)ON2C[C@@H]2O[C@@H]21. The molecule has 0 radical (unpaired) electrons. The van der Waals surface area contributed by atoms with Crippen molar-refractivity contribution >= 4 is 11.8 Å². The predicted octanol–water partition coefficient (Wildman–Crippen LogP) is 0.404. The molecule has 2 saturated heterocycles. The molecule has 1 aromatic carbocycles. The third kappa shape index (κ3) is 2.06. The summed E-state index contributed by atoms with van der Waals surface area (Å²) in [5.74, 6) is -1.68. The van der Waals surface area contributed by atoms with Crippen molar-refractivity contribution in [3.63, 3.8) is 0 Å². The first-order valence-corrected chi connectivity index (χ1v) is 7.39. The van der Waals surface area contributed by atoms with Crippen molar-refractivity contribution in [3.05, 3.63) is 23.3 Å². The zero-order valence-electron chi connectivity index (χ0n) is 12.8. The van der Waals surface area contributed by atoms with E-state index in [1.807, 2.05) is 19.1 Å². The van der Waals surface area contributed by atoms with Crippen LogP contribution in [0.1, 0.15) is 17.0 Å². The van der Waals surface area contributed by atoms with Crippen molar-refractivity contribution < 1.29 is 28.9 Å². The molecule has 1 aromatic rings. The lowest BCUT2D eigenvalue weighted by Crippen LogP contribution is -2.59. The fourth-order valence-electron chi connectivity index (χ4n) is 3.53. The highest BCUT2D eigenvalue weighted by atomic mass is 16.8. The third-order valence-electron chi connectivity index (χ3n) is 4.59. The molecule has 0 aromatic heterocycles. The lowest BCUT2D eigenvalue weighted by atomic mass is 9.83. The van der Waals surface area contributed by atoms with Crippen LogP contribution in [0.5, 0.6) is 5.75 Å². The van der Waals surface area contributed by atoms with E-state index in [0.29, 0.717) is 12.3 Å². The molecule has 2 unspecified atom stereocenters. The Balaban J connectivity index is 1.85. The van der Waals surface area contributed by atoms with Crippen molar-refractivity contribution in [1.82, 2.24) is 0 Å². The second-order valence-electron chi connectivity index (χ2n) is 6.08. The van der Waals surface area contributed by atoms with Gasteiger partial charge in [0.15, 0.2) is 0 Å². The van der Waals surface area contributed by atoms with Gasteiger partial charge in [0.05, 0.1) is 25.3 Å². The number of fused-ring (bicyclic) bond motifs is 6. The Hall–Kier alpha value is -2.03. The largest absolute Gasteiger partial charge is 0.496 e. The van der Waals surface area contributed by atoms with Crippen molar-refractivity contribution in [2.24, 2.45) is 5.73 Å². The number of primary amides is 1. The number of rotatable bonds is 3. The maximum absolute atomic E-state index is 11.0. The molecule has 3 aliphatic heterocycles. The first-order valence-electron chi connectivity index (χ1n) is 7.39. The van der Waals surface area contributed by atoms with Crippen molar-refractivity contribution in [1.29, 1.82) is 0 Å². The topological polar surface area (TPSA) is 107 Å². The Morgan fingerprint density at radius 2 is 2.35 bits per heavy atom. The van der Waals surface area contributed by atoms with Gasteiger partial charge in [0, 0.05) is 5.56 Å². The summed E-state index contributed by atoms with van der Waals surface area (Å²) >= 11 is 0. The molecule has 8 heteroatoms. The van der Waals surface area contributed by atoms with Crippen molar-refractivity contribution in [2.75, 3.05) is 25.3 Å². The van der Waals surface area contributed by atoms with Gasteiger partial charge < -0.3 is 25.1 Å². The van der Waals surface area contributed by atoms with Crippen molar-refractivity contribution in [3.8, 4) is 5.75 Å². The molecule has 4 rings (SSSR count). The lowest BCUT2D eigenvalue weighted by molar-refractivity contribution is -0.254. The van der Waals surface area contributed by atoms with Crippen LogP contribution >= 0.6 is 0 Å². The Morgan fingerprint density at radius 3 is 3.04 bits per heavy atom. The van der Waals surface area contributed by atoms with Crippen LogP contribution in [-0.4, -0.2) is 49.5 Å². The molecule has 8 nitrogen and oxygen atoms in total. The number of methoxy groups -OCH3 is 1. The Bertz CT molecular complexity index is 680. The molecular weight excluding hydrogens is 304 g/mol. The van der Waals surface area contributed by atoms with Crippen LogP contribution in [0.25, 0.3) is 0 Å². The summed E-state index contributed by atoms with van der Waals surface area (Å²) in [5.41, 5.74) is 7.57. The van der Waals surface area contributed by atoms with Gasteiger partial charge in [-0.05, 0) is 24.6 Å². The summed E-state index contributed by atoms with van der Waals surface area (Å²) in [4.78, 5) is 16.8. The number of anilines is 1. The first-order chi connectivity index (χ1) is 10.9. The van der Waals surface area contributed by atoms with Gasteiger partial charge in [-0.1, -0.05) is 0 Å². The van der Waals surface area contributed by atoms with E-state index in [2.05, 4.69) is 0 Å². The van der Waals surface area contributed by atoms with Gasteiger partial charge in [0.25, 0.3) is 0 Å². The highest BCUT2D eigenvalue weighted by Crippen LogP contribution is 2.55. The highest BCUT2D eigenvalue weighted by Gasteiger charge is 2.67. The van der Waals surface area contributed by atoms with Gasteiger partial charge in [-0.2, -0.15) is 0 Å².